The summed E-state index contributed by atoms with van der Waals surface area (Å²) in [7, 11) is -3.95. The highest BCUT2D eigenvalue weighted by atomic mass is 35.5. The number of nitrogens with one attached hydrogen (secondary N) is 2. The fraction of sp³-hybridized carbons (Fsp3) is 0.208. The van der Waals surface area contributed by atoms with Crippen LogP contribution in [0.15, 0.2) is 71.9 Å². The Morgan fingerprint density at radius 3 is 2.53 bits per heavy atom. The Kier molecular flexibility index (Phi) is 7.26. The third-order valence-corrected chi connectivity index (χ3v) is 7.33. The van der Waals surface area contributed by atoms with E-state index in [9.17, 15) is 18.0 Å². The molecule has 0 aliphatic carbocycles. The number of carbonyl (C=O) groups excluding carboxylic acids is 2. The van der Waals surface area contributed by atoms with Crippen LogP contribution in [0.1, 0.15) is 34.3 Å². The van der Waals surface area contributed by atoms with E-state index in [1.54, 1.807) is 29.4 Å². The van der Waals surface area contributed by atoms with Gasteiger partial charge < -0.3 is 10.2 Å². The minimum Gasteiger partial charge on any atom is -0.348 e. The van der Waals surface area contributed by atoms with Crippen molar-refractivity contribution >= 4 is 39.1 Å². The van der Waals surface area contributed by atoms with E-state index in [1.165, 1.54) is 18.2 Å². The van der Waals surface area contributed by atoms with Crippen molar-refractivity contribution in [3.8, 4) is 0 Å². The lowest BCUT2D eigenvalue weighted by atomic mass is 10.1. The van der Waals surface area contributed by atoms with E-state index in [-0.39, 0.29) is 34.5 Å². The molecule has 0 atom stereocenters. The number of anilines is 1. The molecule has 0 radical (unpaired) electrons. The van der Waals surface area contributed by atoms with Crippen molar-refractivity contribution in [2.24, 2.45) is 0 Å². The zero-order chi connectivity index (χ0) is 24.1. The van der Waals surface area contributed by atoms with Crippen LogP contribution in [0.5, 0.6) is 0 Å². The van der Waals surface area contributed by atoms with Crippen LogP contribution in [0.2, 0.25) is 5.02 Å². The molecular formula is C24H23ClN4O4S. The predicted molar refractivity (Wildman–Crippen MR) is 129 cm³/mol. The minimum atomic E-state index is -3.95. The first-order valence-corrected chi connectivity index (χ1v) is 12.6. The van der Waals surface area contributed by atoms with Crippen LogP contribution in [-0.2, 0) is 27.9 Å². The summed E-state index contributed by atoms with van der Waals surface area (Å²) < 4.78 is 28.0. The van der Waals surface area contributed by atoms with Crippen molar-refractivity contribution in [2.75, 3.05) is 11.4 Å². The largest absolute Gasteiger partial charge is 0.348 e. The maximum atomic E-state index is 12.8. The number of hydrogen-bond acceptors (Lipinski definition) is 5. The average Bonchev–Trinajstić information content (AvgIpc) is 3.28. The molecule has 1 aliphatic rings. The molecule has 2 heterocycles. The topological polar surface area (TPSA) is 108 Å². The Morgan fingerprint density at radius 1 is 1.06 bits per heavy atom. The number of rotatable bonds is 8. The van der Waals surface area contributed by atoms with Crippen molar-refractivity contribution in [3.63, 3.8) is 0 Å². The normalized spacial score (nSPS) is 13.8. The van der Waals surface area contributed by atoms with Crippen LogP contribution in [0.3, 0.4) is 0 Å². The van der Waals surface area contributed by atoms with Crippen molar-refractivity contribution < 1.29 is 18.0 Å². The first kappa shape index (κ1) is 23.9. The lowest BCUT2D eigenvalue weighted by Crippen LogP contribution is -2.26. The second-order valence-electron chi connectivity index (χ2n) is 7.83. The summed E-state index contributed by atoms with van der Waals surface area (Å²) >= 11 is 6.13. The van der Waals surface area contributed by atoms with Crippen LogP contribution >= 0.6 is 11.6 Å². The molecule has 0 spiro atoms. The lowest BCUT2D eigenvalue weighted by Gasteiger charge is -2.16. The second-order valence-corrected chi connectivity index (χ2v) is 9.97. The molecule has 34 heavy (non-hydrogen) atoms. The average molecular weight is 499 g/mol. The van der Waals surface area contributed by atoms with Gasteiger partial charge in [0.2, 0.25) is 15.9 Å². The van der Waals surface area contributed by atoms with Gasteiger partial charge in [0.05, 0.1) is 5.02 Å². The van der Waals surface area contributed by atoms with E-state index in [4.69, 9.17) is 11.6 Å². The molecule has 1 saturated heterocycles. The summed E-state index contributed by atoms with van der Waals surface area (Å²) in [4.78, 5) is 30.1. The fourth-order valence-electron chi connectivity index (χ4n) is 3.61. The number of halogens is 1. The molecule has 2 aromatic carbocycles. The summed E-state index contributed by atoms with van der Waals surface area (Å²) in [6.07, 6.45) is 4.58. The molecule has 2 N–H and O–H groups in total. The number of hydrogen-bond donors (Lipinski definition) is 2. The van der Waals surface area contributed by atoms with Crippen LogP contribution in [0.25, 0.3) is 0 Å². The lowest BCUT2D eigenvalue weighted by molar-refractivity contribution is -0.117. The predicted octanol–water partition coefficient (Wildman–Crippen LogP) is 3.27. The van der Waals surface area contributed by atoms with E-state index in [2.05, 4.69) is 15.0 Å². The molecule has 1 aliphatic heterocycles. The highest BCUT2D eigenvalue weighted by molar-refractivity contribution is 7.89. The van der Waals surface area contributed by atoms with Gasteiger partial charge in [-0.3, -0.25) is 14.6 Å². The zero-order valence-corrected chi connectivity index (χ0v) is 19.8. The van der Waals surface area contributed by atoms with Crippen molar-refractivity contribution in [1.29, 1.82) is 0 Å². The number of pyridine rings is 1. The number of nitrogens with zero attached hydrogens (tertiary/aromatic N) is 2. The quantitative estimate of drug-likeness (QED) is 0.495. The smallest absolute Gasteiger partial charge is 0.251 e. The van der Waals surface area contributed by atoms with Gasteiger partial charge in [-0.25, -0.2) is 13.1 Å². The van der Waals surface area contributed by atoms with E-state index in [1.807, 2.05) is 24.3 Å². The van der Waals surface area contributed by atoms with Crippen molar-refractivity contribution in [3.05, 3.63) is 88.7 Å². The zero-order valence-electron chi connectivity index (χ0n) is 18.2. The summed E-state index contributed by atoms with van der Waals surface area (Å²) in [5, 5.41) is 2.80. The highest BCUT2D eigenvalue weighted by Crippen LogP contribution is 2.24. The molecule has 1 aromatic heterocycles. The van der Waals surface area contributed by atoms with Crippen LogP contribution in [-0.4, -0.2) is 31.8 Å². The molecule has 0 unspecified atom stereocenters. The van der Waals surface area contributed by atoms with Crippen LogP contribution < -0.4 is 14.9 Å². The molecule has 3 aromatic rings. The number of benzene rings is 2. The molecule has 2 amide bonds. The Balaban J connectivity index is 1.40. The van der Waals surface area contributed by atoms with Gasteiger partial charge in [-0.15, -0.1) is 0 Å². The highest BCUT2D eigenvalue weighted by Gasteiger charge is 2.22. The van der Waals surface area contributed by atoms with Gasteiger partial charge >= 0.3 is 0 Å². The summed E-state index contributed by atoms with van der Waals surface area (Å²) in [6, 6.07) is 15.0. The monoisotopic (exact) mass is 498 g/mol. The Hall–Kier alpha value is -3.27. The van der Waals surface area contributed by atoms with Gasteiger partial charge in [0, 0.05) is 49.7 Å². The molecule has 4 rings (SSSR count). The van der Waals surface area contributed by atoms with Gasteiger partial charge in [-0.2, -0.15) is 0 Å². The summed E-state index contributed by atoms with van der Waals surface area (Å²) in [6.45, 7) is 1.01. The number of sulfonamides is 1. The maximum Gasteiger partial charge on any atom is 0.251 e. The number of amides is 2. The number of aromatic nitrogens is 1. The fourth-order valence-corrected chi connectivity index (χ4v) is 5.15. The van der Waals surface area contributed by atoms with E-state index in [0.717, 1.165) is 17.7 Å². The van der Waals surface area contributed by atoms with E-state index in [0.29, 0.717) is 18.5 Å². The van der Waals surface area contributed by atoms with Gasteiger partial charge in [0.1, 0.15) is 4.90 Å². The van der Waals surface area contributed by atoms with Gasteiger partial charge in [-0.05, 0) is 53.9 Å². The molecule has 0 bridgehead atoms. The summed E-state index contributed by atoms with van der Waals surface area (Å²) in [5.41, 5.74) is 2.55. The number of carbonyl (C=O) groups is 2. The van der Waals surface area contributed by atoms with Crippen molar-refractivity contribution in [1.82, 2.24) is 15.0 Å². The summed E-state index contributed by atoms with van der Waals surface area (Å²) in [5.74, 6) is -0.316. The molecule has 10 heteroatoms. The van der Waals surface area contributed by atoms with Gasteiger partial charge in [0.15, 0.2) is 0 Å². The Morgan fingerprint density at radius 2 is 1.85 bits per heavy atom. The third-order valence-electron chi connectivity index (χ3n) is 5.45. The SMILES string of the molecule is O=C(NCc1ccc(N2CCCC2=O)cc1)c1ccc(Cl)c(S(=O)(=O)NCc2cccnc2)c1. The maximum absolute atomic E-state index is 12.8. The molecule has 176 valence electrons. The van der Waals surface area contributed by atoms with E-state index >= 15 is 0 Å². The second kappa shape index (κ2) is 10.3. The third kappa shape index (κ3) is 5.61. The van der Waals surface area contributed by atoms with Crippen LogP contribution in [0.4, 0.5) is 5.69 Å². The Bertz CT molecular complexity index is 1300. The molecule has 0 saturated carbocycles. The first-order valence-electron chi connectivity index (χ1n) is 10.7. The van der Waals surface area contributed by atoms with Crippen LogP contribution in [0, 0.1) is 0 Å². The first-order chi connectivity index (χ1) is 16.3. The molecular weight excluding hydrogens is 476 g/mol. The Labute approximate surface area is 203 Å². The van der Waals surface area contributed by atoms with Gasteiger partial charge in [0.25, 0.3) is 5.91 Å². The standard InChI is InChI=1S/C24H23ClN4O4S/c25-21-10-7-19(13-22(21)34(32,33)28-16-18-3-1-11-26-14-18)24(31)27-15-17-5-8-20(9-6-17)29-12-2-4-23(29)30/h1,3,5-11,13-14,28H,2,4,12,15-16H2,(H,27,31). The van der Waals surface area contributed by atoms with Gasteiger partial charge in [-0.1, -0.05) is 29.8 Å². The van der Waals surface area contributed by atoms with E-state index < -0.39 is 15.9 Å². The minimum absolute atomic E-state index is 0.0160. The van der Waals surface area contributed by atoms with Crippen molar-refractivity contribution in [2.45, 2.75) is 30.8 Å². The molecule has 8 nitrogen and oxygen atoms in total. The molecule has 1 fully saturated rings.